The molecule has 0 aliphatic heterocycles. The molecule has 5 rings (SSSR count). The van der Waals surface area contributed by atoms with Crippen LogP contribution in [0.1, 0.15) is 16.1 Å². The molecule has 0 fully saturated rings. The summed E-state index contributed by atoms with van der Waals surface area (Å²) >= 11 is 0. The highest BCUT2D eigenvalue weighted by Gasteiger charge is 2.23. The third kappa shape index (κ3) is 3.69. The van der Waals surface area contributed by atoms with Crippen molar-refractivity contribution < 1.29 is 14.1 Å². The number of fused-ring (bicyclic) bond motifs is 1. The number of benzene rings is 2. The summed E-state index contributed by atoms with van der Waals surface area (Å²) in [5, 5.41) is 15.1. The number of methoxy groups -OCH3 is 1. The van der Waals surface area contributed by atoms with Crippen molar-refractivity contribution >= 4 is 22.6 Å². The fourth-order valence-corrected chi connectivity index (χ4v) is 3.66. The molecule has 0 saturated carbocycles. The molecule has 9 heteroatoms. The number of amides is 1. The Hall–Kier alpha value is -4.53. The zero-order chi connectivity index (χ0) is 22.9. The normalized spacial score (nSPS) is 11.0. The molecule has 0 saturated heterocycles. The van der Waals surface area contributed by atoms with E-state index in [-0.39, 0.29) is 5.91 Å². The van der Waals surface area contributed by atoms with E-state index in [9.17, 15) is 4.79 Å². The molecule has 0 bridgehead atoms. The van der Waals surface area contributed by atoms with Gasteiger partial charge in [0, 0.05) is 18.2 Å². The van der Waals surface area contributed by atoms with Gasteiger partial charge in [-0.15, -0.1) is 5.10 Å². The van der Waals surface area contributed by atoms with Gasteiger partial charge in [0.15, 0.2) is 0 Å². The van der Waals surface area contributed by atoms with E-state index in [1.54, 1.807) is 17.7 Å². The number of hydrogen-bond donors (Lipinski definition) is 1. The van der Waals surface area contributed by atoms with Gasteiger partial charge in [-0.1, -0.05) is 46.8 Å². The molecule has 0 radical (unpaired) electrons. The van der Waals surface area contributed by atoms with Crippen LogP contribution in [0.15, 0.2) is 65.2 Å². The fourth-order valence-electron chi connectivity index (χ4n) is 3.66. The topological polar surface area (TPSA) is 108 Å². The van der Waals surface area contributed by atoms with E-state index < -0.39 is 0 Å². The van der Waals surface area contributed by atoms with Gasteiger partial charge in [-0.2, -0.15) is 0 Å². The van der Waals surface area contributed by atoms with E-state index in [4.69, 9.17) is 9.26 Å². The van der Waals surface area contributed by atoms with E-state index in [0.717, 1.165) is 22.2 Å². The lowest BCUT2D eigenvalue weighted by Crippen LogP contribution is -2.14. The van der Waals surface area contributed by atoms with Crippen molar-refractivity contribution in [1.29, 1.82) is 0 Å². The van der Waals surface area contributed by atoms with Crippen LogP contribution in [0.4, 0.5) is 5.69 Å². The van der Waals surface area contributed by atoms with Gasteiger partial charge in [0.2, 0.25) is 5.88 Å². The molecule has 5 aromatic rings. The summed E-state index contributed by atoms with van der Waals surface area (Å²) < 4.78 is 12.5. The van der Waals surface area contributed by atoms with Crippen molar-refractivity contribution in [3.05, 3.63) is 72.0 Å². The quantitative estimate of drug-likeness (QED) is 0.435. The smallest absolute Gasteiger partial charge is 0.261 e. The molecule has 0 atom stereocenters. The van der Waals surface area contributed by atoms with Crippen molar-refractivity contribution in [3.63, 3.8) is 0 Å². The van der Waals surface area contributed by atoms with Crippen molar-refractivity contribution in [2.75, 3.05) is 12.4 Å². The van der Waals surface area contributed by atoms with Crippen LogP contribution in [0.3, 0.4) is 0 Å². The first-order valence-electron chi connectivity index (χ1n) is 10.2. The van der Waals surface area contributed by atoms with Crippen LogP contribution in [-0.2, 0) is 7.05 Å². The zero-order valence-electron chi connectivity index (χ0n) is 18.2. The molecule has 33 heavy (non-hydrogen) atoms. The second-order valence-corrected chi connectivity index (χ2v) is 7.45. The predicted molar refractivity (Wildman–Crippen MR) is 123 cm³/mol. The van der Waals surface area contributed by atoms with Crippen molar-refractivity contribution in [3.8, 4) is 28.4 Å². The number of nitrogens with one attached hydrogen (secondary N) is 1. The standard InChI is InChI=1S/C24H20N6O3/c1-14-21(22(28-33-14)15-7-5-4-6-8-15)23(31)25-19-12-11-17(26-24(19)32-3)16-9-10-18-20(13-16)30(2)29-27-18/h4-13H,1-3H3,(H,25,31). The molecule has 1 N–H and O–H groups in total. The summed E-state index contributed by atoms with van der Waals surface area (Å²) in [6.07, 6.45) is 0. The summed E-state index contributed by atoms with van der Waals surface area (Å²) in [6, 6.07) is 18.8. The van der Waals surface area contributed by atoms with E-state index in [0.29, 0.717) is 34.3 Å². The highest BCUT2D eigenvalue weighted by molar-refractivity contribution is 6.09. The third-order valence-electron chi connectivity index (χ3n) is 5.35. The molecule has 2 aromatic carbocycles. The Labute approximate surface area is 189 Å². The number of anilines is 1. The number of aromatic nitrogens is 5. The molecule has 9 nitrogen and oxygen atoms in total. The van der Waals surface area contributed by atoms with Gasteiger partial charge in [-0.3, -0.25) is 4.79 Å². The lowest BCUT2D eigenvalue weighted by molar-refractivity contribution is 0.102. The maximum absolute atomic E-state index is 13.2. The van der Waals surface area contributed by atoms with E-state index in [2.05, 4.69) is 25.8 Å². The number of aryl methyl sites for hydroxylation is 2. The number of carbonyl (C=O) groups is 1. The number of rotatable bonds is 5. The van der Waals surface area contributed by atoms with E-state index in [1.807, 2.05) is 61.6 Å². The molecule has 0 spiro atoms. The molecule has 0 aliphatic carbocycles. The summed E-state index contributed by atoms with van der Waals surface area (Å²) in [7, 11) is 3.35. The Bertz CT molecular complexity index is 1470. The van der Waals surface area contributed by atoms with Gasteiger partial charge < -0.3 is 14.6 Å². The molecule has 164 valence electrons. The Morgan fingerprint density at radius 1 is 1.06 bits per heavy atom. The third-order valence-corrected chi connectivity index (χ3v) is 5.35. The van der Waals surface area contributed by atoms with Gasteiger partial charge in [-0.05, 0) is 31.2 Å². The Kier molecular flexibility index (Phi) is 5.06. The Morgan fingerprint density at radius 2 is 1.88 bits per heavy atom. The monoisotopic (exact) mass is 440 g/mol. The molecular weight excluding hydrogens is 420 g/mol. The number of ether oxygens (including phenoxy) is 1. The minimum Gasteiger partial charge on any atom is -0.479 e. The molecule has 0 aliphatic rings. The molecule has 3 aromatic heterocycles. The van der Waals surface area contributed by atoms with Crippen LogP contribution >= 0.6 is 0 Å². The summed E-state index contributed by atoms with van der Waals surface area (Å²) in [6.45, 7) is 1.70. The SMILES string of the molecule is COc1nc(-c2ccc3nnn(C)c3c2)ccc1NC(=O)c1c(-c2ccccc2)noc1C. The lowest BCUT2D eigenvalue weighted by atomic mass is 10.1. The Morgan fingerprint density at radius 3 is 2.67 bits per heavy atom. The van der Waals surface area contributed by atoms with E-state index in [1.165, 1.54) is 7.11 Å². The summed E-state index contributed by atoms with van der Waals surface area (Å²) in [5.74, 6) is 0.357. The minimum absolute atomic E-state index is 0.291. The minimum atomic E-state index is -0.358. The predicted octanol–water partition coefficient (Wildman–Crippen LogP) is 4.25. The van der Waals surface area contributed by atoms with Crippen LogP contribution in [0.25, 0.3) is 33.5 Å². The second kappa shape index (κ2) is 8.19. The first kappa shape index (κ1) is 20.4. The van der Waals surface area contributed by atoms with Crippen molar-refractivity contribution in [2.45, 2.75) is 6.92 Å². The van der Waals surface area contributed by atoms with Crippen molar-refractivity contribution in [1.82, 2.24) is 25.1 Å². The highest BCUT2D eigenvalue weighted by Crippen LogP contribution is 2.30. The molecule has 3 heterocycles. The van der Waals surface area contributed by atoms with Gasteiger partial charge in [0.25, 0.3) is 5.91 Å². The van der Waals surface area contributed by atoms with Crippen LogP contribution in [-0.4, -0.2) is 38.2 Å². The van der Waals surface area contributed by atoms with Gasteiger partial charge in [0.05, 0.1) is 18.3 Å². The van der Waals surface area contributed by atoms with Crippen LogP contribution in [0.2, 0.25) is 0 Å². The van der Waals surface area contributed by atoms with E-state index >= 15 is 0 Å². The largest absolute Gasteiger partial charge is 0.479 e. The van der Waals surface area contributed by atoms with Crippen molar-refractivity contribution in [2.24, 2.45) is 7.05 Å². The molecule has 0 unspecified atom stereocenters. The van der Waals surface area contributed by atoms with Crippen LogP contribution < -0.4 is 10.1 Å². The number of nitrogens with zero attached hydrogens (tertiary/aromatic N) is 5. The summed E-state index contributed by atoms with van der Waals surface area (Å²) in [4.78, 5) is 17.8. The second-order valence-electron chi connectivity index (χ2n) is 7.45. The van der Waals surface area contributed by atoms with Gasteiger partial charge in [0.1, 0.15) is 28.2 Å². The average Bonchev–Trinajstić information content (AvgIpc) is 3.42. The molecular formula is C24H20N6O3. The first-order valence-corrected chi connectivity index (χ1v) is 10.2. The van der Waals surface area contributed by atoms with Gasteiger partial charge >= 0.3 is 0 Å². The highest BCUT2D eigenvalue weighted by atomic mass is 16.5. The average molecular weight is 440 g/mol. The number of pyridine rings is 1. The maximum atomic E-state index is 13.2. The number of carbonyl (C=O) groups excluding carboxylic acids is 1. The van der Waals surface area contributed by atoms with Gasteiger partial charge in [-0.25, -0.2) is 9.67 Å². The zero-order valence-corrected chi connectivity index (χ0v) is 18.2. The summed E-state index contributed by atoms with van der Waals surface area (Å²) in [5.41, 5.74) is 5.34. The fraction of sp³-hybridized carbons (Fsp3) is 0.125. The maximum Gasteiger partial charge on any atom is 0.261 e. The lowest BCUT2D eigenvalue weighted by Gasteiger charge is -2.11. The number of hydrogen-bond acceptors (Lipinski definition) is 7. The van der Waals surface area contributed by atoms with Crippen LogP contribution in [0.5, 0.6) is 5.88 Å². The first-order chi connectivity index (χ1) is 16.0. The Balaban J connectivity index is 1.47. The molecule has 1 amide bonds. The van der Waals surface area contributed by atoms with Crippen LogP contribution in [0, 0.1) is 6.92 Å².